The van der Waals surface area contributed by atoms with Gasteiger partial charge in [-0.25, -0.2) is 9.50 Å². The van der Waals surface area contributed by atoms with Gasteiger partial charge in [-0.2, -0.15) is 5.10 Å². The summed E-state index contributed by atoms with van der Waals surface area (Å²) >= 11 is 0. The smallest absolute Gasteiger partial charge is 0.252 e. The number of carbonyl (C=O) groups is 1. The van der Waals surface area contributed by atoms with Crippen molar-refractivity contribution in [3.8, 4) is 11.1 Å². The van der Waals surface area contributed by atoms with E-state index in [4.69, 9.17) is 0 Å². The van der Waals surface area contributed by atoms with E-state index in [1.165, 1.54) is 17.5 Å². The number of nitrogens with one attached hydrogen (secondary N) is 1. The van der Waals surface area contributed by atoms with E-state index < -0.39 is 0 Å². The van der Waals surface area contributed by atoms with Crippen LogP contribution in [0.25, 0.3) is 16.8 Å². The lowest BCUT2D eigenvalue weighted by atomic mass is 10.0. The Balaban J connectivity index is 1.54. The predicted molar refractivity (Wildman–Crippen MR) is 94.2 cm³/mol. The summed E-state index contributed by atoms with van der Waals surface area (Å²) < 4.78 is 1.64. The van der Waals surface area contributed by atoms with Gasteiger partial charge in [0.25, 0.3) is 5.91 Å². The molecule has 5 nitrogen and oxygen atoms in total. The topological polar surface area (TPSA) is 59.3 Å². The lowest BCUT2D eigenvalue weighted by Gasteiger charge is -2.16. The molecule has 1 aliphatic carbocycles. The summed E-state index contributed by atoms with van der Waals surface area (Å²) in [4.78, 5) is 17.0. The standard InChI is InChI=1S/C20H14N4O/c25-20(13-9-10-24-18(11-13)21-12-22-24)23-19-16-7-3-1-5-14(16)15-6-2-4-8-17(15)19/h1-12,19H,(H,23,25). The molecule has 2 aromatic carbocycles. The maximum Gasteiger partial charge on any atom is 0.252 e. The first-order valence-electron chi connectivity index (χ1n) is 8.10. The molecular weight excluding hydrogens is 312 g/mol. The largest absolute Gasteiger partial charge is 0.341 e. The average Bonchev–Trinajstić information content (AvgIpc) is 3.25. The molecule has 5 rings (SSSR count). The fourth-order valence-electron chi connectivity index (χ4n) is 3.48. The Morgan fingerprint density at radius 3 is 2.36 bits per heavy atom. The molecule has 0 saturated heterocycles. The number of benzene rings is 2. The number of rotatable bonds is 2. The van der Waals surface area contributed by atoms with Crippen molar-refractivity contribution in [1.82, 2.24) is 19.9 Å². The molecule has 0 bridgehead atoms. The van der Waals surface area contributed by atoms with Crippen molar-refractivity contribution in [2.45, 2.75) is 6.04 Å². The Hall–Kier alpha value is -3.47. The van der Waals surface area contributed by atoms with Gasteiger partial charge in [-0.05, 0) is 34.4 Å². The number of aromatic nitrogens is 3. The maximum atomic E-state index is 12.8. The van der Waals surface area contributed by atoms with Gasteiger partial charge in [0.2, 0.25) is 0 Å². The van der Waals surface area contributed by atoms with Crippen molar-refractivity contribution in [3.63, 3.8) is 0 Å². The zero-order chi connectivity index (χ0) is 16.8. The number of pyridine rings is 1. The lowest BCUT2D eigenvalue weighted by molar-refractivity contribution is 0.0943. The summed E-state index contributed by atoms with van der Waals surface area (Å²) in [5.41, 5.74) is 5.83. The van der Waals surface area contributed by atoms with Gasteiger partial charge in [-0.3, -0.25) is 4.79 Å². The highest BCUT2D eigenvalue weighted by Gasteiger charge is 2.29. The van der Waals surface area contributed by atoms with Gasteiger partial charge in [0, 0.05) is 11.8 Å². The molecular formula is C20H14N4O. The molecule has 1 amide bonds. The van der Waals surface area contributed by atoms with Crippen molar-refractivity contribution < 1.29 is 4.79 Å². The van der Waals surface area contributed by atoms with E-state index in [-0.39, 0.29) is 11.9 Å². The normalized spacial score (nSPS) is 12.8. The third-order valence-electron chi connectivity index (χ3n) is 4.65. The highest BCUT2D eigenvalue weighted by molar-refractivity contribution is 5.96. The summed E-state index contributed by atoms with van der Waals surface area (Å²) in [6.07, 6.45) is 3.22. The number of amides is 1. The van der Waals surface area contributed by atoms with E-state index in [1.54, 1.807) is 22.8 Å². The molecule has 25 heavy (non-hydrogen) atoms. The molecule has 1 aliphatic rings. The molecule has 0 atom stereocenters. The molecule has 4 aromatic rings. The summed E-state index contributed by atoms with van der Waals surface area (Å²) in [6, 6.07) is 19.8. The van der Waals surface area contributed by atoms with Gasteiger partial charge in [0.15, 0.2) is 5.65 Å². The van der Waals surface area contributed by atoms with Crippen LogP contribution in [0.2, 0.25) is 0 Å². The van der Waals surface area contributed by atoms with Gasteiger partial charge < -0.3 is 5.32 Å². The van der Waals surface area contributed by atoms with Gasteiger partial charge in [-0.1, -0.05) is 48.5 Å². The lowest BCUT2D eigenvalue weighted by Crippen LogP contribution is -2.28. The van der Waals surface area contributed by atoms with Crippen LogP contribution in [-0.2, 0) is 0 Å². The minimum atomic E-state index is -0.144. The van der Waals surface area contributed by atoms with E-state index in [1.807, 2.05) is 24.3 Å². The third-order valence-corrected chi connectivity index (χ3v) is 4.65. The molecule has 0 fully saturated rings. The van der Waals surface area contributed by atoms with Gasteiger partial charge in [-0.15, -0.1) is 0 Å². The molecule has 0 unspecified atom stereocenters. The molecule has 2 heterocycles. The van der Waals surface area contributed by atoms with Crippen molar-refractivity contribution in [2.24, 2.45) is 0 Å². The second-order valence-electron chi connectivity index (χ2n) is 6.06. The first kappa shape index (κ1) is 13.9. The Kier molecular flexibility index (Phi) is 2.94. The molecule has 0 spiro atoms. The molecule has 2 aromatic heterocycles. The Morgan fingerprint density at radius 1 is 0.960 bits per heavy atom. The van der Waals surface area contributed by atoms with Crippen LogP contribution < -0.4 is 5.32 Å². The van der Waals surface area contributed by atoms with E-state index in [9.17, 15) is 4.79 Å². The zero-order valence-electron chi connectivity index (χ0n) is 13.3. The molecule has 0 saturated carbocycles. The first-order valence-corrected chi connectivity index (χ1v) is 8.10. The second kappa shape index (κ2) is 5.27. The summed E-state index contributed by atoms with van der Waals surface area (Å²) in [6.45, 7) is 0. The minimum absolute atomic E-state index is 0.123. The van der Waals surface area contributed by atoms with Gasteiger partial charge >= 0.3 is 0 Å². The van der Waals surface area contributed by atoms with Crippen molar-refractivity contribution in [2.75, 3.05) is 0 Å². The maximum absolute atomic E-state index is 12.8. The molecule has 120 valence electrons. The number of nitrogens with zero attached hydrogens (tertiary/aromatic N) is 3. The predicted octanol–water partition coefficient (Wildman–Crippen LogP) is 3.23. The Morgan fingerprint density at radius 2 is 1.64 bits per heavy atom. The number of hydrogen-bond acceptors (Lipinski definition) is 3. The van der Waals surface area contributed by atoms with Crippen LogP contribution in [-0.4, -0.2) is 20.5 Å². The zero-order valence-corrected chi connectivity index (χ0v) is 13.3. The second-order valence-corrected chi connectivity index (χ2v) is 6.06. The number of hydrogen-bond donors (Lipinski definition) is 1. The molecule has 1 N–H and O–H groups in total. The van der Waals surface area contributed by atoms with Gasteiger partial charge in [0.1, 0.15) is 6.33 Å². The molecule has 0 aliphatic heterocycles. The van der Waals surface area contributed by atoms with E-state index in [0.29, 0.717) is 11.2 Å². The van der Waals surface area contributed by atoms with Crippen LogP contribution >= 0.6 is 0 Å². The summed E-state index contributed by atoms with van der Waals surface area (Å²) in [5, 5.41) is 7.22. The highest BCUT2D eigenvalue weighted by Crippen LogP contribution is 2.43. The van der Waals surface area contributed by atoms with E-state index >= 15 is 0 Å². The van der Waals surface area contributed by atoms with Gasteiger partial charge in [0.05, 0.1) is 6.04 Å². The number of fused-ring (bicyclic) bond motifs is 4. The van der Waals surface area contributed by atoms with Crippen LogP contribution in [0.4, 0.5) is 0 Å². The third kappa shape index (κ3) is 2.13. The van der Waals surface area contributed by atoms with Crippen LogP contribution in [0.15, 0.2) is 73.2 Å². The van der Waals surface area contributed by atoms with Crippen LogP contribution in [0, 0.1) is 0 Å². The fourth-order valence-corrected chi connectivity index (χ4v) is 3.48. The summed E-state index contributed by atoms with van der Waals surface area (Å²) in [5.74, 6) is -0.123. The summed E-state index contributed by atoms with van der Waals surface area (Å²) in [7, 11) is 0. The van der Waals surface area contributed by atoms with Crippen LogP contribution in [0.3, 0.4) is 0 Å². The van der Waals surface area contributed by atoms with Crippen molar-refractivity contribution in [1.29, 1.82) is 0 Å². The average molecular weight is 326 g/mol. The minimum Gasteiger partial charge on any atom is -0.341 e. The molecule has 0 radical (unpaired) electrons. The Labute approximate surface area is 144 Å². The van der Waals surface area contributed by atoms with E-state index in [0.717, 1.165) is 11.1 Å². The monoisotopic (exact) mass is 326 g/mol. The quantitative estimate of drug-likeness (QED) is 0.615. The SMILES string of the molecule is O=C(NC1c2ccccc2-c2ccccc21)c1ccn2ncnc2c1. The number of carbonyl (C=O) groups excluding carboxylic acids is 1. The first-order chi connectivity index (χ1) is 12.3. The highest BCUT2D eigenvalue weighted by atomic mass is 16.1. The van der Waals surface area contributed by atoms with Crippen molar-refractivity contribution in [3.05, 3.63) is 89.9 Å². The molecule has 5 heteroatoms. The van der Waals surface area contributed by atoms with E-state index in [2.05, 4.69) is 39.7 Å². The van der Waals surface area contributed by atoms with Crippen LogP contribution in [0.1, 0.15) is 27.5 Å². The fraction of sp³-hybridized carbons (Fsp3) is 0.0500. The Bertz CT molecular complexity index is 1070. The van der Waals surface area contributed by atoms with Crippen LogP contribution in [0.5, 0.6) is 0 Å². The van der Waals surface area contributed by atoms with Crippen molar-refractivity contribution >= 4 is 11.6 Å².